The van der Waals surface area contributed by atoms with Crippen molar-refractivity contribution >= 4 is 5.97 Å². The van der Waals surface area contributed by atoms with Crippen molar-refractivity contribution in [1.82, 2.24) is 0 Å². The summed E-state index contributed by atoms with van der Waals surface area (Å²) in [4.78, 5) is 11.7. The minimum absolute atomic E-state index is 0.117. The highest BCUT2D eigenvalue weighted by Crippen LogP contribution is 2.35. The monoisotopic (exact) mass is 250 g/mol. The lowest BCUT2D eigenvalue weighted by Gasteiger charge is -2.24. The first-order valence-corrected chi connectivity index (χ1v) is 6.70. The summed E-state index contributed by atoms with van der Waals surface area (Å²) >= 11 is 0. The van der Waals surface area contributed by atoms with Gasteiger partial charge in [-0.25, -0.2) is 0 Å². The van der Waals surface area contributed by atoms with Crippen LogP contribution in [-0.2, 0) is 9.53 Å². The van der Waals surface area contributed by atoms with E-state index in [2.05, 4.69) is 13.0 Å². The number of ether oxygens (including phenoxy) is 1. The summed E-state index contributed by atoms with van der Waals surface area (Å²) in [6.07, 6.45) is 6.05. The second-order valence-corrected chi connectivity index (χ2v) is 5.64. The Hall–Kier alpha value is -1.09. The van der Waals surface area contributed by atoms with E-state index >= 15 is 0 Å². The summed E-state index contributed by atoms with van der Waals surface area (Å²) in [5, 5.41) is 10.3. The lowest BCUT2D eigenvalue weighted by atomic mass is 9.82. The molecular weight excluding hydrogens is 228 g/mol. The number of hydrogen-bond donors (Lipinski definition) is 1. The van der Waals surface area contributed by atoms with Crippen LogP contribution >= 0.6 is 0 Å². The Morgan fingerprint density at radius 2 is 2.06 bits per heavy atom. The molecule has 1 heterocycles. The Labute approximate surface area is 109 Å². The van der Waals surface area contributed by atoms with Crippen molar-refractivity contribution < 1.29 is 14.6 Å². The summed E-state index contributed by atoms with van der Waals surface area (Å²) in [6, 6.07) is 0. The van der Waals surface area contributed by atoms with E-state index in [0.717, 1.165) is 12.8 Å². The van der Waals surface area contributed by atoms with Crippen molar-refractivity contribution in [2.24, 2.45) is 11.8 Å². The third-order valence-corrected chi connectivity index (χ3v) is 4.04. The summed E-state index contributed by atoms with van der Waals surface area (Å²) < 4.78 is 5.39. The van der Waals surface area contributed by atoms with Crippen molar-refractivity contribution in [2.75, 3.05) is 0 Å². The predicted molar refractivity (Wildman–Crippen MR) is 69.9 cm³/mol. The van der Waals surface area contributed by atoms with E-state index in [1.54, 1.807) is 0 Å². The van der Waals surface area contributed by atoms with Gasteiger partial charge in [0.15, 0.2) is 0 Å². The van der Waals surface area contributed by atoms with Crippen LogP contribution in [0.1, 0.15) is 40.0 Å². The molecule has 0 aromatic rings. The van der Waals surface area contributed by atoms with E-state index in [9.17, 15) is 9.90 Å². The molecule has 1 aliphatic heterocycles. The number of fused-ring (bicyclic) bond motifs is 1. The molecule has 1 aliphatic carbocycles. The molecule has 18 heavy (non-hydrogen) atoms. The van der Waals surface area contributed by atoms with Gasteiger partial charge in [-0.3, -0.25) is 4.79 Å². The first kappa shape index (κ1) is 13.3. The fourth-order valence-electron chi connectivity index (χ4n) is 2.92. The number of carbonyl (C=O) groups is 1. The first-order chi connectivity index (χ1) is 8.49. The van der Waals surface area contributed by atoms with E-state index in [1.807, 2.05) is 19.9 Å². The number of aliphatic hydroxyl groups is 1. The summed E-state index contributed by atoms with van der Waals surface area (Å²) in [5.74, 6) is -0.524. The van der Waals surface area contributed by atoms with Gasteiger partial charge in [-0.15, -0.1) is 0 Å². The minimum atomic E-state index is -0.505. The van der Waals surface area contributed by atoms with Crippen LogP contribution in [0.15, 0.2) is 23.3 Å². The molecule has 0 spiro atoms. The normalized spacial score (nSPS) is 43.2. The fraction of sp³-hybridized carbons (Fsp3) is 0.667. The lowest BCUT2D eigenvalue weighted by molar-refractivity contribution is -0.142. The van der Waals surface area contributed by atoms with E-state index in [-0.39, 0.29) is 23.9 Å². The summed E-state index contributed by atoms with van der Waals surface area (Å²) in [6.45, 7) is 5.95. The molecule has 1 N–H and O–H groups in total. The Morgan fingerprint density at radius 1 is 1.33 bits per heavy atom. The quantitative estimate of drug-likeness (QED) is 0.531. The van der Waals surface area contributed by atoms with E-state index in [4.69, 9.17) is 4.74 Å². The molecule has 2 rings (SSSR count). The fourth-order valence-corrected chi connectivity index (χ4v) is 2.92. The zero-order valence-electron chi connectivity index (χ0n) is 11.3. The van der Waals surface area contributed by atoms with Gasteiger partial charge < -0.3 is 9.84 Å². The largest absolute Gasteiger partial charge is 0.457 e. The average molecular weight is 250 g/mol. The minimum Gasteiger partial charge on any atom is -0.457 e. The standard InChI is InChI=1S/C15H22O3/c1-9-5-4-6-10(2)8-13-14(12(16)7-9)11(3)15(17)18-13/h5,8,11-14,16H,4,6-7H2,1-3H3/b9-5-,10-8+/t11-,12+,13-,14-/m1/s1. The highest BCUT2D eigenvalue weighted by atomic mass is 16.6. The molecule has 0 aromatic carbocycles. The zero-order chi connectivity index (χ0) is 13.3. The van der Waals surface area contributed by atoms with Crippen LogP contribution in [0.4, 0.5) is 0 Å². The number of esters is 1. The molecule has 0 radical (unpaired) electrons. The van der Waals surface area contributed by atoms with E-state index < -0.39 is 6.10 Å². The van der Waals surface area contributed by atoms with E-state index in [1.165, 1.54) is 11.1 Å². The maximum Gasteiger partial charge on any atom is 0.309 e. The summed E-state index contributed by atoms with van der Waals surface area (Å²) in [7, 11) is 0. The summed E-state index contributed by atoms with van der Waals surface area (Å²) in [5.41, 5.74) is 2.42. The van der Waals surface area contributed by atoms with Crippen molar-refractivity contribution in [3.63, 3.8) is 0 Å². The van der Waals surface area contributed by atoms with Crippen LogP contribution in [0.3, 0.4) is 0 Å². The molecule has 3 nitrogen and oxygen atoms in total. The van der Waals surface area contributed by atoms with Gasteiger partial charge in [0, 0.05) is 5.92 Å². The molecule has 0 saturated carbocycles. The Kier molecular flexibility index (Phi) is 3.91. The van der Waals surface area contributed by atoms with Gasteiger partial charge in [0.2, 0.25) is 0 Å². The number of rotatable bonds is 0. The topological polar surface area (TPSA) is 46.5 Å². The van der Waals surface area contributed by atoms with Gasteiger partial charge >= 0.3 is 5.97 Å². The van der Waals surface area contributed by atoms with Gasteiger partial charge in [-0.1, -0.05) is 24.1 Å². The van der Waals surface area contributed by atoms with Crippen LogP contribution in [0, 0.1) is 11.8 Å². The van der Waals surface area contributed by atoms with Gasteiger partial charge in [-0.2, -0.15) is 0 Å². The Balaban J connectivity index is 2.30. The van der Waals surface area contributed by atoms with Gasteiger partial charge in [0.1, 0.15) is 6.10 Å². The van der Waals surface area contributed by atoms with Crippen LogP contribution in [0.5, 0.6) is 0 Å². The molecule has 0 unspecified atom stereocenters. The van der Waals surface area contributed by atoms with Crippen LogP contribution in [0.25, 0.3) is 0 Å². The molecule has 1 saturated heterocycles. The Morgan fingerprint density at radius 3 is 2.78 bits per heavy atom. The second kappa shape index (κ2) is 5.27. The zero-order valence-corrected chi connectivity index (χ0v) is 11.3. The van der Waals surface area contributed by atoms with Gasteiger partial charge in [-0.05, 0) is 39.2 Å². The number of hydrogen-bond acceptors (Lipinski definition) is 3. The second-order valence-electron chi connectivity index (χ2n) is 5.64. The third-order valence-electron chi connectivity index (χ3n) is 4.04. The first-order valence-electron chi connectivity index (χ1n) is 6.70. The van der Waals surface area contributed by atoms with Gasteiger partial charge in [0.05, 0.1) is 12.0 Å². The number of allylic oxidation sites excluding steroid dienone is 2. The van der Waals surface area contributed by atoms with Crippen LogP contribution < -0.4 is 0 Å². The number of aliphatic hydroxyl groups excluding tert-OH is 1. The molecule has 100 valence electrons. The third kappa shape index (κ3) is 2.66. The molecule has 0 amide bonds. The molecule has 4 atom stereocenters. The van der Waals surface area contributed by atoms with Gasteiger partial charge in [0.25, 0.3) is 0 Å². The highest BCUT2D eigenvalue weighted by Gasteiger charge is 2.44. The molecule has 1 fully saturated rings. The number of carbonyl (C=O) groups excluding carboxylic acids is 1. The SMILES string of the molecule is C/C1=C/CC/C(C)=C/[C@H]2OC(=O)[C@H](C)[C@@H]2[C@@H](O)C1. The maximum absolute atomic E-state index is 11.7. The molecular formula is C15H22O3. The van der Waals surface area contributed by atoms with Crippen molar-refractivity contribution in [1.29, 1.82) is 0 Å². The molecule has 3 heteroatoms. The predicted octanol–water partition coefficient (Wildman–Crippen LogP) is 2.60. The average Bonchev–Trinajstić information content (AvgIpc) is 2.53. The van der Waals surface area contributed by atoms with Crippen LogP contribution in [0.2, 0.25) is 0 Å². The van der Waals surface area contributed by atoms with Crippen molar-refractivity contribution in [3.05, 3.63) is 23.3 Å². The highest BCUT2D eigenvalue weighted by molar-refractivity contribution is 5.75. The van der Waals surface area contributed by atoms with E-state index in [0.29, 0.717) is 6.42 Å². The Bertz CT molecular complexity index is 395. The molecule has 0 bridgehead atoms. The molecule has 0 aromatic heterocycles. The molecule has 2 aliphatic rings. The van der Waals surface area contributed by atoms with Crippen LogP contribution in [-0.4, -0.2) is 23.3 Å². The lowest BCUT2D eigenvalue weighted by Crippen LogP contribution is -2.31. The maximum atomic E-state index is 11.7. The van der Waals surface area contributed by atoms with Crippen molar-refractivity contribution in [3.8, 4) is 0 Å². The smallest absolute Gasteiger partial charge is 0.309 e. The van der Waals surface area contributed by atoms with Crippen molar-refractivity contribution in [2.45, 2.75) is 52.2 Å².